The number of pyridine rings is 1. The van der Waals surface area contributed by atoms with E-state index in [4.69, 9.17) is 1.37 Å². The molecule has 2 bridgehead atoms. The van der Waals surface area contributed by atoms with E-state index in [1.807, 2.05) is 0 Å². The van der Waals surface area contributed by atoms with Crippen molar-refractivity contribution >= 4 is 10.8 Å². The minimum atomic E-state index is 0.239. The van der Waals surface area contributed by atoms with E-state index in [-0.39, 0.29) is 5.41 Å². The van der Waals surface area contributed by atoms with Crippen molar-refractivity contribution in [2.75, 3.05) is 0 Å². The molecule has 0 aliphatic heterocycles. The van der Waals surface area contributed by atoms with Gasteiger partial charge in [-0.05, 0) is 89.6 Å². The fourth-order valence-corrected chi connectivity index (χ4v) is 5.83. The number of hydrogen-bond acceptors (Lipinski definition) is 0. The van der Waals surface area contributed by atoms with E-state index in [0.29, 0.717) is 6.04 Å². The molecule has 0 amide bonds. The van der Waals surface area contributed by atoms with Gasteiger partial charge in [0, 0.05) is 13.0 Å². The van der Waals surface area contributed by atoms with E-state index in [2.05, 4.69) is 76.6 Å². The van der Waals surface area contributed by atoms with Crippen molar-refractivity contribution in [1.82, 2.24) is 0 Å². The van der Waals surface area contributed by atoms with Crippen molar-refractivity contribution in [3.05, 3.63) is 64.3 Å². The maximum absolute atomic E-state index is 8.84. The van der Waals surface area contributed by atoms with E-state index in [1.54, 1.807) is 11.1 Å². The lowest BCUT2D eigenvalue weighted by Gasteiger charge is -2.20. The standard InChI is InChI=1S/C28H34N/c1-17-11-25-20-8-9-21(14-20)26(25)15-24(17)27-23-10-7-19(16-28(3,4)5)13-22(23)12-18(2)29(27)6/h7,10-13,15,20-21H,8-9,14,16H2,1-6H3/q+1/i12D. The lowest BCUT2D eigenvalue weighted by Crippen LogP contribution is -2.35. The zero-order chi connectivity index (χ0) is 21.4. The van der Waals surface area contributed by atoms with Gasteiger partial charge >= 0.3 is 0 Å². The molecule has 0 saturated heterocycles. The number of nitrogens with zero attached hydrogens (tertiary/aromatic N) is 1. The highest BCUT2D eigenvalue weighted by Crippen LogP contribution is 2.54. The van der Waals surface area contributed by atoms with E-state index < -0.39 is 0 Å². The van der Waals surface area contributed by atoms with Crippen LogP contribution in [0.2, 0.25) is 0 Å². The molecule has 2 unspecified atom stereocenters. The summed E-state index contributed by atoms with van der Waals surface area (Å²) in [6.07, 6.45) is 5.11. The Hall–Kier alpha value is -2.15. The minimum absolute atomic E-state index is 0.239. The van der Waals surface area contributed by atoms with Crippen LogP contribution >= 0.6 is 0 Å². The highest BCUT2D eigenvalue weighted by Gasteiger charge is 2.37. The molecule has 0 N–H and O–H groups in total. The summed E-state index contributed by atoms with van der Waals surface area (Å²) >= 11 is 0. The van der Waals surface area contributed by atoms with Gasteiger partial charge in [0.25, 0.3) is 0 Å². The molecule has 3 aromatic rings. The molecule has 1 heterocycles. The normalized spacial score (nSPS) is 21.0. The van der Waals surface area contributed by atoms with Crippen LogP contribution in [0.15, 0.2) is 36.4 Å². The van der Waals surface area contributed by atoms with E-state index in [1.165, 1.54) is 47.0 Å². The summed E-state index contributed by atoms with van der Waals surface area (Å²) in [4.78, 5) is 0. The van der Waals surface area contributed by atoms with Gasteiger partial charge in [-0.1, -0.05) is 39.0 Å². The molecule has 1 heteroatoms. The Bertz CT molecular complexity index is 1180. The van der Waals surface area contributed by atoms with Crippen molar-refractivity contribution in [3.8, 4) is 11.3 Å². The zero-order valence-electron chi connectivity index (χ0n) is 19.8. The summed E-state index contributed by atoms with van der Waals surface area (Å²) < 4.78 is 11.1. The third-order valence-electron chi connectivity index (χ3n) is 7.23. The van der Waals surface area contributed by atoms with Gasteiger partial charge in [-0.25, -0.2) is 0 Å². The largest absolute Gasteiger partial charge is 0.220 e. The predicted molar refractivity (Wildman–Crippen MR) is 123 cm³/mol. The van der Waals surface area contributed by atoms with Gasteiger partial charge in [0.15, 0.2) is 5.69 Å². The molecule has 1 fully saturated rings. The fraction of sp³-hybridized carbons (Fsp3) is 0.464. The minimum Gasteiger partial charge on any atom is -0.198 e. The fourth-order valence-electron chi connectivity index (χ4n) is 5.83. The quantitative estimate of drug-likeness (QED) is 0.422. The molecule has 2 aliphatic carbocycles. The maximum atomic E-state index is 8.84. The molecule has 150 valence electrons. The second kappa shape index (κ2) is 6.42. The molecule has 2 aromatic carbocycles. The highest BCUT2D eigenvalue weighted by atomic mass is 14.9. The first-order valence-electron chi connectivity index (χ1n) is 11.7. The van der Waals surface area contributed by atoms with Gasteiger partial charge in [0.05, 0.1) is 12.3 Å². The Morgan fingerprint density at radius 1 is 1.03 bits per heavy atom. The van der Waals surface area contributed by atoms with Crippen molar-refractivity contribution in [1.29, 1.82) is 0 Å². The lowest BCUT2D eigenvalue weighted by atomic mass is 9.85. The molecule has 29 heavy (non-hydrogen) atoms. The first-order chi connectivity index (χ1) is 14.1. The number of aryl methyl sites for hydroxylation is 1. The van der Waals surface area contributed by atoms with Crippen molar-refractivity contribution in [3.63, 3.8) is 0 Å². The lowest BCUT2D eigenvalue weighted by molar-refractivity contribution is -0.665. The Morgan fingerprint density at radius 2 is 1.72 bits per heavy atom. The number of fused-ring (bicyclic) bond motifs is 6. The molecule has 1 saturated carbocycles. The summed E-state index contributed by atoms with van der Waals surface area (Å²) in [6, 6.07) is 12.4. The molecular weight excluding hydrogens is 350 g/mol. The van der Waals surface area contributed by atoms with Crippen molar-refractivity contribution in [2.45, 2.75) is 72.1 Å². The first kappa shape index (κ1) is 17.7. The monoisotopic (exact) mass is 385 g/mol. The zero-order valence-corrected chi connectivity index (χ0v) is 18.8. The summed E-state index contributed by atoms with van der Waals surface area (Å²) in [6.45, 7) is 11.2. The molecule has 1 aromatic heterocycles. The molecule has 2 aliphatic rings. The van der Waals surface area contributed by atoms with Crippen LogP contribution in [0.4, 0.5) is 0 Å². The van der Waals surface area contributed by atoms with Crippen LogP contribution in [-0.4, -0.2) is 0 Å². The Balaban J connectivity index is 1.75. The van der Waals surface area contributed by atoms with Gasteiger partial charge in [0.2, 0.25) is 5.69 Å². The molecular formula is C28H34N+. The number of benzene rings is 2. The molecule has 2 atom stereocenters. The third-order valence-corrected chi connectivity index (χ3v) is 7.23. The van der Waals surface area contributed by atoms with Gasteiger partial charge in [0.1, 0.15) is 7.05 Å². The third kappa shape index (κ3) is 3.10. The average molecular weight is 386 g/mol. The van der Waals surface area contributed by atoms with Gasteiger partial charge in [-0.15, -0.1) is 0 Å². The average Bonchev–Trinajstić information content (AvgIpc) is 3.28. The van der Waals surface area contributed by atoms with Crippen LogP contribution in [0.5, 0.6) is 0 Å². The summed E-state index contributed by atoms with van der Waals surface area (Å²) in [5.41, 5.74) is 9.79. The van der Waals surface area contributed by atoms with E-state index >= 15 is 0 Å². The van der Waals surface area contributed by atoms with Crippen LogP contribution in [-0.2, 0) is 13.5 Å². The van der Waals surface area contributed by atoms with Crippen molar-refractivity contribution in [2.24, 2.45) is 12.5 Å². The SMILES string of the molecule is [2H]c1c(C)[n+](C)c(-c2cc3c(cc2C)C2CCC3C2)c2ccc(CC(C)(C)C)cc12. The number of hydrogen-bond donors (Lipinski definition) is 0. The van der Waals surface area contributed by atoms with E-state index in [0.717, 1.165) is 29.3 Å². The Labute approximate surface area is 177 Å². The van der Waals surface area contributed by atoms with E-state index in [9.17, 15) is 0 Å². The summed E-state index contributed by atoms with van der Waals surface area (Å²) in [5.74, 6) is 1.55. The summed E-state index contributed by atoms with van der Waals surface area (Å²) in [5, 5.41) is 2.29. The topological polar surface area (TPSA) is 3.88 Å². The smallest absolute Gasteiger partial charge is 0.198 e. The molecule has 0 spiro atoms. The number of aromatic nitrogens is 1. The Morgan fingerprint density at radius 3 is 2.41 bits per heavy atom. The predicted octanol–water partition coefficient (Wildman–Crippen LogP) is 6.90. The second-order valence-electron chi connectivity index (χ2n) is 10.7. The van der Waals surface area contributed by atoms with Crippen LogP contribution in [0.1, 0.15) is 81.2 Å². The first-order valence-corrected chi connectivity index (χ1v) is 11.2. The maximum Gasteiger partial charge on any atom is 0.220 e. The van der Waals surface area contributed by atoms with Crippen LogP contribution in [0, 0.1) is 19.3 Å². The van der Waals surface area contributed by atoms with Crippen molar-refractivity contribution < 1.29 is 5.94 Å². The molecule has 1 nitrogen and oxygen atoms in total. The van der Waals surface area contributed by atoms with Gasteiger partial charge in [-0.2, -0.15) is 4.57 Å². The van der Waals surface area contributed by atoms with Gasteiger partial charge in [-0.3, -0.25) is 0 Å². The molecule has 0 radical (unpaired) electrons. The Kier molecular flexibility index (Phi) is 3.92. The van der Waals surface area contributed by atoms with Crippen LogP contribution in [0.3, 0.4) is 0 Å². The molecule has 5 rings (SSSR count). The summed E-state index contributed by atoms with van der Waals surface area (Å²) in [7, 11) is 2.13. The van der Waals surface area contributed by atoms with Crippen LogP contribution < -0.4 is 4.57 Å². The second-order valence-corrected chi connectivity index (χ2v) is 10.7. The van der Waals surface area contributed by atoms with Gasteiger partial charge < -0.3 is 0 Å². The van der Waals surface area contributed by atoms with Crippen LogP contribution in [0.25, 0.3) is 22.0 Å². The number of rotatable bonds is 2. The highest BCUT2D eigenvalue weighted by molar-refractivity contribution is 5.94.